The lowest BCUT2D eigenvalue weighted by atomic mass is 10.2. The fourth-order valence-electron chi connectivity index (χ4n) is 1.92. The van der Waals surface area contributed by atoms with Gasteiger partial charge in [0.2, 0.25) is 5.91 Å². The minimum absolute atomic E-state index is 0.139. The number of carbonyl (C=O) groups is 1. The normalized spacial score (nSPS) is 19.4. The minimum Gasteiger partial charge on any atom is -0.310 e. The van der Waals surface area contributed by atoms with Crippen molar-refractivity contribution in [2.75, 3.05) is 11.4 Å². The summed E-state index contributed by atoms with van der Waals surface area (Å²) >= 11 is 1.81. The number of benzene rings is 1. The number of hydrogen-bond donors (Lipinski definition) is 0. The van der Waals surface area contributed by atoms with Gasteiger partial charge in [0.05, 0.1) is 10.6 Å². The summed E-state index contributed by atoms with van der Waals surface area (Å²) in [6, 6.07) is 3.83. The number of amides is 1. The lowest BCUT2D eigenvalue weighted by molar-refractivity contribution is -0.384. The van der Waals surface area contributed by atoms with Crippen LogP contribution in [0.4, 0.5) is 15.3 Å². The van der Waals surface area contributed by atoms with Crippen LogP contribution in [0.1, 0.15) is 6.42 Å². The molecule has 0 aromatic heterocycles. The standard InChI is InChI=1S/C10H8FIN2O5S/c11-20(18,19)7-4-10(15)13(5-7)9-2-1-6(14(16)17)3-8(9)12/h1-3,7H,4-5H2. The zero-order chi connectivity index (χ0) is 15.1. The van der Waals surface area contributed by atoms with Gasteiger partial charge < -0.3 is 4.90 Å². The summed E-state index contributed by atoms with van der Waals surface area (Å²) in [6.45, 7) is -0.286. The highest BCUT2D eigenvalue weighted by atomic mass is 127. The largest absolute Gasteiger partial charge is 0.310 e. The molecular weight excluding hydrogens is 406 g/mol. The molecule has 1 fully saturated rings. The van der Waals surface area contributed by atoms with Crippen molar-refractivity contribution >= 4 is 50.1 Å². The second kappa shape index (κ2) is 5.24. The molecule has 10 heteroatoms. The first-order valence-corrected chi connectivity index (χ1v) is 7.90. The number of anilines is 1. The average Bonchev–Trinajstić information content (AvgIpc) is 2.71. The molecule has 0 N–H and O–H groups in total. The van der Waals surface area contributed by atoms with Crippen LogP contribution in [-0.4, -0.2) is 31.0 Å². The van der Waals surface area contributed by atoms with Crippen molar-refractivity contribution in [3.05, 3.63) is 31.9 Å². The van der Waals surface area contributed by atoms with Crippen molar-refractivity contribution < 1.29 is 22.0 Å². The lowest BCUT2D eigenvalue weighted by Crippen LogP contribution is -2.27. The van der Waals surface area contributed by atoms with Gasteiger partial charge in [0.15, 0.2) is 0 Å². The van der Waals surface area contributed by atoms with Crippen molar-refractivity contribution in [1.29, 1.82) is 0 Å². The number of nitro groups is 1. The highest BCUT2D eigenvalue weighted by Gasteiger charge is 2.39. The molecule has 1 heterocycles. The number of halogens is 2. The molecule has 1 amide bonds. The maximum Gasteiger partial charge on any atom is 0.307 e. The van der Waals surface area contributed by atoms with E-state index in [2.05, 4.69) is 0 Å². The third-order valence-corrected chi connectivity index (χ3v) is 4.90. The van der Waals surface area contributed by atoms with Gasteiger partial charge in [-0.1, -0.05) is 0 Å². The fraction of sp³-hybridized carbons (Fsp3) is 0.300. The molecule has 7 nitrogen and oxygen atoms in total. The van der Waals surface area contributed by atoms with Crippen molar-refractivity contribution in [1.82, 2.24) is 0 Å². The van der Waals surface area contributed by atoms with Crippen molar-refractivity contribution in [2.24, 2.45) is 0 Å². The Morgan fingerprint density at radius 1 is 1.45 bits per heavy atom. The lowest BCUT2D eigenvalue weighted by Gasteiger charge is -2.17. The van der Waals surface area contributed by atoms with E-state index >= 15 is 0 Å². The van der Waals surface area contributed by atoms with Crippen molar-refractivity contribution in [2.45, 2.75) is 11.7 Å². The van der Waals surface area contributed by atoms with Gasteiger partial charge in [-0.05, 0) is 28.7 Å². The molecule has 0 bridgehead atoms. The maximum atomic E-state index is 12.9. The number of non-ortho nitro benzene ring substituents is 1. The number of hydrogen-bond acceptors (Lipinski definition) is 5. The molecule has 1 aromatic carbocycles. The Morgan fingerprint density at radius 3 is 2.55 bits per heavy atom. The first-order valence-electron chi connectivity index (χ1n) is 5.38. The van der Waals surface area contributed by atoms with E-state index in [1.807, 2.05) is 0 Å². The molecule has 108 valence electrons. The Bertz CT molecular complexity index is 693. The average molecular weight is 414 g/mol. The van der Waals surface area contributed by atoms with Crippen LogP contribution in [0.15, 0.2) is 18.2 Å². The summed E-state index contributed by atoms with van der Waals surface area (Å²) in [7, 11) is -4.78. The molecule has 20 heavy (non-hydrogen) atoms. The Morgan fingerprint density at radius 2 is 2.10 bits per heavy atom. The first-order chi connectivity index (χ1) is 9.20. The molecule has 1 aromatic rings. The second-order valence-corrected chi connectivity index (χ2v) is 6.98. The third-order valence-electron chi connectivity index (χ3n) is 2.92. The van der Waals surface area contributed by atoms with E-state index in [0.29, 0.717) is 9.26 Å². The molecule has 0 saturated carbocycles. The zero-order valence-corrected chi connectivity index (χ0v) is 12.8. The highest BCUT2D eigenvalue weighted by molar-refractivity contribution is 14.1. The van der Waals surface area contributed by atoms with E-state index in [1.54, 1.807) is 22.6 Å². The summed E-state index contributed by atoms with van der Waals surface area (Å²) < 4.78 is 35.0. The van der Waals surface area contributed by atoms with Crippen LogP contribution < -0.4 is 4.90 Å². The summed E-state index contributed by atoms with van der Waals surface area (Å²) in [5, 5.41) is 9.24. The van der Waals surface area contributed by atoms with Gasteiger partial charge in [0.1, 0.15) is 5.25 Å². The smallest absolute Gasteiger partial charge is 0.307 e. The predicted octanol–water partition coefficient (Wildman–Crippen LogP) is 1.60. The Balaban J connectivity index is 2.33. The summed E-state index contributed by atoms with van der Waals surface area (Å²) in [5.41, 5.74) is 0.201. The number of nitrogens with zero attached hydrogens (tertiary/aromatic N) is 2. The molecule has 1 saturated heterocycles. The Hall–Kier alpha value is -1.30. The van der Waals surface area contributed by atoms with Crippen LogP contribution in [0.5, 0.6) is 0 Å². The topological polar surface area (TPSA) is 97.6 Å². The molecule has 1 aliphatic rings. The molecule has 1 atom stereocenters. The van der Waals surface area contributed by atoms with Crippen LogP contribution in [0.2, 0.25) is 0 Å². The van der Waals surface area contributed by atoms with E-state index in [-0.39, 0.29) is 12.2 Å². The monoisotopic (exact) mass is 414 g/mol. The van der Waals surface area contributed by atoms with Crippen LogP contribution in [0.25, 0.3) is 0 Å². The van der Waals surface area contributed by atoms with Gasteiger partial charge in [0, 0.05) is 28.7 Å². The summed E-state index contributed by atoms with van der Waals surface area (Å²) in [4.78, 5) is 22.9. The number of carbonyl (C=O) groups excluding carboxylic acids is 1. The van der Waals surface area contributed by atoms with E-state index in [1.165, 1.54) is 18.2 Å². The second-order valence-electron chi connectivity index (χ2n) is 4.20. The quantitative estimate of drug-likeness (QED) is 0.324. The number of nitro benzene ring substituents is 1. The van der Waals surface area contributed by atoms with Crippen molar-refractivity contribution in [3.63, 3.8) is 0 Å². The van der Waals surface area contributed by atoms with Gasteiger partial charge in [-0.15, -0.1) is 3.89 Å². The van der Waals surface area contributed by atoms with Crippen molar-refractivity contribution in [3.8, 4) is 0 Å². The Labute approximate surface area is 127 Å². The number of rotatable bonds is 3. The molecule has 2 rings (SSSR count). The van der Waals surface area contributed by atoms with E-state index in [0.717, 1.165) is 4.90 Å². The summed E-state index contributed by atoms with van der Waals surface area (Å²) in [5.74, 6) is -0.525. The van der Waals surface area contributed by atoms with Crippen LogP contribution in [0, 0.1) is 13.7 Å². The van der Waals surface area contributed by atoms with Gasteiger partial charge in [-0.25, -0.2) is 0 Å². The van der Waals surface area contributed by atoms with Gasteiger partial charge in [-0.3, -0.25) is 14.9 Å². The van der Waals surface area contributed by atoms with E-state index < -0.39 is 32.7 Å². The fourth-order valence-corrected chi connectivity index (χ4v) is 3.38. The molecule has 0 radical (unpaired) electrons. The maximum absolute atomic E-state index is 12.9. The zero-order valence-electron chi connectivity index (χ0n) is 9.82. The molecule has 0 spiro atoms. The van der Waals surface area contributed by atoms with Gasteiger partial charge >= 0.3 is 10.2 Å². The Kier molecular flexibility index (Phi) is 3.95. The molecular formula is C10H8FIN2O5S. The van der Waals surface area contributed by atoms with Crippen LogP contribution >= 0.6 is 22.6 Å². The van der Waals surface area contributed by atoms with E-state index in [9.17, 15) is 27.2 Å². The summed E-state index contributed by atoms with van der Waals surface area (Å²) in [6.07, 6.45) is -0.425. The molecule has 1 aliphatic heterocycles. The van der Waals surface area contributed by atoms with Gasteiger partial charge in [0.25, 0.3) is 5.69 Å². The first kappa shape index (κ1) is 15.1. The van der Waals surface area contributed by atoms with Crippen LogP contribution in [-0.2, 0) is 15.0 Å². The van der Waals surface area contributed by atoms with Crippen LogP contribution in [0.3, 0.4) is 0 Å². The van der Waals surface area contributed by atoms with E-state index in [4.69, 9.17) is 0 Å². The van der Waals surface area contributed by atoms with Gasteiger partial charge in [-0.2, -0.15) is 8.42 Å². The molecule has 1 unspecified atom stereocenters. The third kappa shape index (κ3) is 2.90. The molecule has 0 aliphatic carbocycles. The SMILES string of the molecule is O=C1CC(S(=O)(=O)F)CN1c1ccc([N+](=O)[O-])cc1I. The highest BCUT2D eigenvalue weighted by Crippen LogP contribution is 2.31. The minimum atomic E-state index is -4.78. The predicted molar refractivity (Wildman–Crippen MR) is 76.6 cm³/mol.